The van der Waals surface area contributed by atoms with Gasteiger partial charge in [-0.25, -0.2) is 4.79 Å². The van der Waals surface area contributed by atoms with Gasteiger partial charge in [0.05, 0.1) is 0 Å². The molecule has 0 fully saturated rings. The minimum Gasteiger partial charge on any atom is -0.335 e. The summed E-state index contributed by atoms with van der Waals surface area (Å²) in [6.45, 7) is 11.3. The Morgan fingerprint density at radius 1 is 1.20 bits per heavy atom. The zero-order valence-corrected chi connectivity index (χ0v) is 13.2. The van der Waals surface area contributed by atoms with Gasteiger partial charge in [0.1, 0.15) is 0 Å². The van der Waals surface area contributed by atoms with Crippen molar-refractivity contribution in [2.75, 3.05) is 11.9 Å². The van der Waals surface area contributed by atoms with Crippen LogP contribution in [-0.4, -0.2) is 18.6 Å². The molecule has 4 nitrogen and oxygen atoms in total. The molecule has 112 valence electrons. The average molecular weight is 277 g/mol. The largest absolute Gasteiger partial charge is 0.335 e. The lowest BCUT2D eigenvalue weighted by Crippen LogP contribution is -2.39. The second-order valence-electron chi connectivity index (χ2n) is 5.54. The van der Waals surface area contributed by atoms with E-state index in [2.05, 4.69) is 49.7 Å². The molecule has 2 atom stereocenters. The topological polar surface area (TPSA) is 53.2 Å². The summed E-state index contributed by atoms with van der Waals surface area (Å²) >= 11 is 0. The first kappa shape index (κ1) is 16.5. The fourth-order valence-electron chi connectivity index (χ4n) is 1.85. The fourth-order valence-corrected chi connectivity index (χ4v) is 1.85. The molecular formula is C16H27N3O. The van der Waals surface area contributed by atoms with Crippen molar-refractivity contribution in [2.45, 2.75) is 46.7 Å². The van der Waals surface area contributed by atoms with Crippen molar-refractivity contribution in [1.29, 1.82) is 0 Å². The van der Waals surface area contributed by atoms with Crippen molar-refractivity contribution < 1.29 is 4.79 Å². The molecule has 0 saturated heterocycles. The van der Waals surface area contributed by atoms with Crippen molar-refractivity contribution in [3.8, 4) is 0 Å². The van der Waals surface area contributed by atoms with E-state index >= 15 is 0 Å². The van der Waals surface area contributed by atoms with Crippen molar-refractivity contribution in [2.24, 2.45) is 5.92 Å². The van der Waals surface area contributed by atoms with Gasteiger partial charge in [-0.15, -0.1) is 0 Å². The van der Waals surface area contributed by atoms with Crippen LogP contribution in [0.1, 0.15) is 46.2 Å². The molecule has 0 bridgehead atoms. The summed E-state index contributed by atoms with van der Waals surface area (Å²) in [6.07, 6.45) is 0. The first-order valence-electron chi connectivity index (χ1n) is 7.34. The molecule has 1 aromatic rings. The molecule has 0 spiro atoms. The molecule has 4 heteroatoms. The van der Waals surface area contributed by atoms with E-state index in [1.807, 2.05) is 25.1 Å². The molecule has 0 aromatic heterocycles. The quantitative estimate of drug-likeness (QED) is 0.745. The molecule has 1 aromatic carbocycles. The monoisotopic (exact) mass is 277 g/mol. The van der Waals surface area contributed by atoms with Crippen LogP contribution in [0.5, 0.6) is 0 Å². The van der Waals surface area contributed by atoms with Crippen LogP contribution in [-0.2, 0) is 0 Å². The van der Waals surface area contributed by atoms with E-state index in [0.29, 0.717) is 5.92 Å². The number of benzene rings is 1. The summed E-state index contributed by atoms with van der Waals surface area (Å²) in [5.41, 5.74) is 1.99. The highest BCUT2D eigenvalue weighted by atomic mass is 16.2. The average Bonchev–Trinajstić information content (AvgIpc) is 2.39. The highest BCUT2D eigenvalue weighted by Crippen LogP contribution is 2.17. The Balaban J connectivity index is 2.64. The summed E-state index contributed by atoms with van der Waals surface area (Å²) in [7, 11) is 0. The number of anilines is 1. The zero-order chi connectivity index (χ0) is 15.1. The van der Waals surface area contributed by atoms with Gasteiger partial charge in [-0.05, 0) is 44.0 Å². The Morgan fingerprint density at radius 2 is 1.90 bits per heavy atom. The lowest BCUT2D eigenvalue weighted by atomic mass is 10.1. The first-order valence-corrected chi connectivity index (χ1v) is 7.34. The standard InChI is InChI=1S/C16H27N3O/c1-6-17-13(5)14-8-7-9-15(10-14)19-16(20)18-12(4)11(2)3/h7-13,17H,6H2,1-5H3,(H2,18,19,20). The highest BCUT2D eigenvalue weighted by molar-refractivity contribution is 5.89. The Kier molecular flexibility index (Phi) is 6.52. The van der Waals surface area contributed by atoms with E-state index in [9.17, 15) is 4.79 Å². The van der Waals surface area contributed by atoms with E-state index in [1.54, 1.807) is 0 Å². The highest BCUT2D eigenvalue weighted by Gasteiger charge is 2.11. The van der Waals surface area contributed by atoms with Crippen LogP contribution in [0.4, 0.5) is 10.5 Å². The van der Waals surface area contributed by atoms with Gasteiger partial charge in [-0.1, -0.05) is 32.9 Å². The Hall–Kier alpha value is -1.55. The third kappa shape index (κ3) is 5.21. The molecule has 0 saturated carbocycles. The third-order valence-electron chi connectivity index (χ3n) is 3.51. The molecule has 0 aliphatic heterocycles. The predicted octanol–water partition coefficient (Wildman–Crippen LogP) is 3.52. The summed E-state index contributed by atoms with van der Waals surface area (Å²) < 4.78 is 0. The number of carbonyl (C=O) groups excluding carboxylic acids is 1. The van der Waals surface area contributed by atoms with Gasteiger partial charge < -0.3 is 16.0 Å². The van der Waals surface area contributed by atoms with Gasteiger partial charge in [-0.3, -0.25) is 0 Å². The van der Waals surface area contributed by atoms with Gasteiger partial charge in [0, 0.05) is 17.8 Å². The Bertz CT molecular complexity index is 431. The molecule has 3 N–H and O–H groups in total. The maximum atomic E-state index is 11.9. The maximum Gasteiger partial charge on any atom is 0.319 e. The number of hydrogen-bond donors (Lipinski definition) is 3. The molecular weight excluding hydrogens is 250 g/mol. The van der Waals surface area contributed by atoms with E-state index in [4.69, 9.17) is 0 Å². The number of carbonyl (C=O) groups is 1. The SMILES string of the molecule is CCNC(C)c1cccc(NC(=O)NC(C)C(C)C)c1. The second-order valence-corrected chi connectivity index (χ2v) is 5.54. The number of nitrogens with one attached hydrogen (secondary N) is 3. The molecule has 20 heavy (non-hydrogen) atoms. The predicted molar refractivity (Wildman–Crippen MR) is 85.0 cm³/mol. The summed E-state index contributed by atoms with van der Waals surface area (Å²) in [5, 5.41) is 9.18. The van der Waals surface area contributed by atoms with Crippen LogP contribution >= 0.6 is 0 Å². The molecule has 2 unspecified atom stereocenters. The number of urea groups is 1. The minimum absolute atomic E-state index is 0.152. The third-order valence-corrected chi connectivity index (χ3v) is 3.51. The Labute approximate surface area is 122 Å². The number of amides is 2. The second kappa shape index (κ2) is 7.90. The lowest BCUT2D eigenvalue weighted by Gasteiger charge is -2.18. The van der Waals surface area contributed by atoms with Gasteiger partial charge in [0.2, 0.25) is 0 Å². The van der Waals surface area contributed by atoms with Gasteiger partial charge >= 0.3 is 6.03 Å². The summed E-state index contributed by atoms with van der Waals surface area (Å²) in [6, 6.07) is 8.21. The maximum absolute atomic E-state index is 11.9. The smallest absolute Gasteiger partial charge is 0.319 e. The number of rotatable bonds is 6. The van der Waals surface area contributed by atoms with Crippen LogP contribution in [0.15, 0.2) is 24.3 Å². The summed E-state index contributed by atoms with van der Waals surface area (Å²) in [5.74, 6) is 0.417. The van der Waals surface area contributed by atoms with E-state index in [0.717, 1.165) is 12.2 Å². The Morgan fingerprint density at radius 3 is 2.50 bits per heavy atom. The van der Waals surface area contributed by atoms with Gasteiger partial charge in [0.15, 0.2) is 0 Å². The van der Waals surface area contributed by atoms with Gasteiger partial charge in [0.25, 0.3) is 0 Å². The molecule has 0 aliphatic carbocycles. The molecule has 1 rings (SSSR count). The van der Waals surface area contributed by atoms with E-state index in [1.165, 1.54) is 5.56 Å². The molecule has 0 aliphatic rings. The van der Waals surface area contributed by atoms with E-state index < -0.39 is 0 Å². The minimum atomic E-state index is -0.153. The van der Waals surface area contributed by atoms with E-state index in [-0.39, 0.29) is 18.1 Å². The summed E-state index contributed by atoms with van der Waals surface area (Å²) in [4.78, 5) is 11.9. The van der Waals surface area contributed by atoms with Crippen molar-refractivity contribution >= 4 is 11.7 Å². The fraction of sp³-hybridized carbons (Fsp3) is 0.562. The van der Waals surface area contributed by atoms with Crippen molar-refractivity contribution in [1.82, 2.24) is 10.6 Å². The first-order chi connectivity index (χ1) is 9.43. The molecule has 0 heterocycles. The lowest BCUT2D eigenvalue weighted by molar-refractivity contribution is 0.246. The van der Waals surface area contributed by atoms with Crippen molar-refractivity contribution in [3.63, 3.8) is 0 Å². The van der Waals surface area contributed by atoms with Crippen LogP contribution in [0.3, 0.4) is 0 Å². The van der Waals surface area contributed by atoms with Crippen molar-refractivity contribution in [3.05, 3.63) is 29.8 Å². The van der Waals surface area contributed by atoms with Crippen LogP contribution in [0.25, 0.3) is 0 Å². The van der Waals surface area contributed by atoms with Crippen LogP contribution < -0.4 is 16.0 Å². The van der Waals surface area contributed by atoms with Crippen LogP contribution in [0, 0.1) is 5.92 Å². The zero-order valence-electron chi connectivity index (χ0n) is 13.2. The molecule has 2 amide bonds. The van der Waals surface area contributed by atoms with Gasteiger partial charge in [-0.2, -0.15) is 0 Å². The molecule has 0 radical (unpaired) electrons. The normalized spacial score (nSPS) is 13.9. The van der Waals surface area contributed by atoms with Crippen LogP contribution in [0.2, 0.25) is 0 Å². The number of hydrogen-bond acceptors (Lipinski definition) is 2.